The van der Waals surface area contributed by atoms with Gasteiger partial charge >= 0.3 is 12.0 Å². The van der Waals surface area contributed by atoms with Crippen LogP contribution in [0.2, 0.25) is 0 Å². The van der Waals surface area contributed by atoms with E-state index in [1.807, 2.05) is 11.4 Å². The molecule has 0 aliphatic carbocycles. The first-order chi connectivity index (χ1) is 12.0. The van der Waals surface area contributed by atoms with Crippen molar-refractivity contribution in [2.45, 2.75) is 6.54 Å². The molecule has 0 fully saturated rings. The van der Waals surface area contributed by atoms with E-state index in [0.717, 1.165) is 17.7 Å². The molecule has 0 aliphatic rings. The maximum absolute atomic E-state index is 13.4. The Morgan fingerprint density at radius 1 is 1.00 bits per heavy atom. The minimum absolute atomic E-state index is 0.209. The number of halogens is 2. The molecule has 6 nitrogen and oxygen atoms in total. The molecule has 0 heterocycles. The average Bonchev–Trinajstić information content (AvgIpc) is 2.59. The molecule has 25 heavy (non-hydrogen) atoms. The smallest absolute Gasteiger partial charge is 0.341 e. The highest BCUT2D eigenvalue weighted by molar-refractivity contribution is 5.97. The highest BCUT2D eigenvalue weighted by atomic mass is 19.1. The van der Waals surface area contributed by atoms with Crippen molar-refractivity contribution in [3.8, 4) is 0 Å². The van der Waals surface area contributed by atoms with Crippen molar-refractivity contribution in [3.63, 3.8) is 0 Å². The molecule has 0 aliphatic heterocycles. The maximum Gasteiger partial charge on any atom is 0.341 e. The zero-order valence-electron chi connectivity index (χ0n) is 12.9. The lowest BCUT2D eigenvalue weighted by atomic mass is 10.2. The van der Waals surface area contributed by atoms with Crippen LogP contribution in [0.1, 0.15) is 15.9 Å². The molecule has 2 aromatic rings. The van der Waals surface area contributed by atoms with Crippen LogP contribution in [-0.4, -0.2) is 24.5 Å². The van der Waals surface area contributed by atoms with E-state index < -0.39 is 41.7 Å². The van der Waals surface area contributed by atoms with Gasteiger partial charge in [-0.25, -0.2) is 18.4 Å². The van der Waals surface area contributed by atoms with Crippen LogP contribution in [0.25, 0.3) is 0 Å². The first kappa shape index (κ1) is 18.1. The maximum atomic E-state index is 13.4. The molecule has 0 atom stereocenters. The number of urea groups is 1. The largest absolute Gasteiger partial charge is 0.452 e. The van der Waals surface area contributed by atoms with E-state index >= 15 is 0 Å². The van der Waals surface area contributed by atoms with Crippen molar-refractivity contribution < 1.29 is 27.9 Å². The summed E-state index contributed by atoms with van der Waals surface area (Å²) in [5, 5.41) is 4.41. The Hall–Kier alpha value is -3.29. The summed E-state index contributed by atoms with van der Waals surface area (Å²) in [5.74, 6) is -3.98. The van der Waals surface area contributed by atoms with Gasteiger partial charge in [-0.15, -0.1) is 0 Å². The van der Waals surface area contributed by atoms with Crippen molar-refractivity contribution in [2.24, 2.45) is 0 Å². The summed E-state index contributed by atoms with van der Waals surface area (Å²) < 4.78 is 30.7. The van der Waals surface area contributed by atoms with Crippen molar-refractivity contribution in [1.82, 2.24) is 10.6 Å². The fourth-order valence-corrected chi connectivity index (χ4v) is 1.85. The van der Waals surface area contributed by atoms with Gasteiger partial charge in [0.2, 0.25) is 0 Å². The van der Waals surface area contributed by atoms with Crippen LogP contribution in [0, 0.1) is 11.6 Å². The molecule has 0 aromatic heterocycles. The first-order valence-corrected chi connectivity index (χ1v) is 7.19. The van der Waals surface area contributed by atoms with Crippen molar-refractivity contribution >= 4 is 17.9 Å². The van der Waals surface area contributed by atoms with Crippen LogP contribution >= 0.6 is 0 Å². The molecule has 2 aromatic carbocycles. The number of imide groups is 1. The number of esters is 1. The van der Waals surface area contributed by atoms with Crippen molar-refractivity contribution in [1.29, 1.82) is 0 Å². The van der Waals surface area contributed by atoms with Crippen LogP contribution in [0.5, 0.6) is 0 Å². The average molecular weight is 348 g/mol. The Labute approximate surface area is 141 Å². The Morgan fingerprint density at radius 2 is 1.72 bits per heavy atom. The number of hydrogen-bond acceptors (Lipinski definition) is 4. The van der Waals surface area contributed by atoms with Gasteiger partial charge in [0.25, 0.3) is 5.91 Å². The summed E-state index contributed by atoms with van der Waals surface area (Å²) in [4.78, 5) is 34.7. The third-order valence-corrected chi connectivity index (χ3v) is 3.03. The van der Waals surface area contributed by atoms with Gasteiger partial charge in [0.1, 0.15) is 11.6 Å². The summed E-state index contributed by atoms with van der Waals surface area (Å²) in [7, 11) is 0. The number of nitrogens with one attached hydrogen (secondary N) is 2. The molecule has 0 spiro atoms. The van der Waals surface area contributed by atoms with Crippen LogP contribution in [0.3, 0.4) is 0 Å². The van der Waals surface area contributed by atoms with Gasteiger partial charge in [0.05, 0.1) is 5.56 Å². The second-order valence-electron chi connectivity index (χ2n) is 4.92. The third kappa shape index (κ3) is 5.69. The monoisotopic (exact) mass is 348 g/mol. The lowest BCUT2D eigenvalue weighted by Crippen LogP contribution is -2.41. The molecule has 8 heteroatoms. The first-order valence-electron chi connectivity index (χ1n) is 7.19. The van der Waals surface area contributed by atoms with Crippen LogP contribution in [0.4, 0.5) is 13.6 Å². The van der Waals surface area contributed by atoms with E-state index in [9.17, 15) is 23.2 Å². The number of amides is 3. The SMILES string of the molecule is O=C(COC(=O)c1ccc(F)cc1F)NC(=O)NCc1ccccc1. The van der Waals surface area contributed by atoms with Gasteiger partial charge in [-0.2, -0.15) is 0 Å². The third-order valence-electron chi connectivity index (χ3n) is 3.03. The summed E-state index contributed by atoms with van der Waals surface area (Å²) in [6.07, 6.45) is 0. The number of benzene rings is 2. The second-order valence-corrected chi connectivity index (χ2v) is 4.92. The van der Waals surface area contributed by atoms with E-state index in [-0.39, 0.29) is 6.54 Å². The van der Waals surface area contributed by atoms with Gasteiger partial charge in [0, 0.05) is 12.6 Å². The molecule has 0 unspecified atom stereocenters. The minimum Gasteiger partial charge on any atom is -0.452 e. The van der Waals surface area contributed by atoms with E-state index in [1.54, 1.807) is 24.3 Å². The molecule has 0 saturated heterocycles. The fraction of sp³-hybridized carbons (Fsp3) is 0.118. The topological polar surface area (TPSA) is 84.5 Å². The number of carbonyl (C=O) groups is 3. The Kier molecular flexibility index (Phi) is 6.16. The molecule has 0 saturated carbocycles. The van der Waals surface area contributed by atoms with E-state index in [4.69, 9.17) is 0 Å². The fourth-order valence-electron chi connectivity index (χ4n) is 1.85. The van der Waals surface area contributed by atoms with Gasteiger partial charge in [-0.05, 0) is 17.7 Å². The van der Waals surface area contributed by atoms with Gasteiger partial charge < -0.3 is 10.1 Å². The molecule has 0 bridgehead atoms. The second kappa shape index (κ2) is 8.53. The highest BCUT2D eigenvalue weighted by Gasteiger charge is 2.16. The van der Waals surface area contributed by atoms with Gasteiger partial charge in [0.15, 0.2) is 6.61 Å². The summed E-state index contributed by atoms with van der Waals surface area (Å²) in [6, 6.07) is 10.6. The van der Waals surface area contributed by atoms with Crippen LogP contribution < -0.4 is 10.6 Å². The molecule has 130 valence electrons. The standard InChI is InChI=1S/C17H14F2N2O4/c18-12-6-7-13(14(19)8-12)16(23)25-10-15(22)21-17(24)20-9-11-4-2-1-3-5-11/h1-8H,9-10H2,(H2,20,21,22,24). The zero-order valence-corrected chi connectivity index (χ0v) is 12.9. The number of carbonyl (C=O) groups excluding carboxylic acids is 3. The Balaban J connectivity index is 1.76. The van der Waals surface area contributed by atoms with Crippen LogP contribution in [0.15, 0.2) is 48.5 Å². The van der Waals surface area contributed by atoms with Crippen LogP contribution in [-0.2, 0) is 16.1 Å². The van der Waals surface area contributed by atoms with E-state index in [2.05, 4.69) is 10.1 Å². The lowest BCUT2D eigenvalue weighted by molar-refractivity contribution is -0.123. The summed E-state index contributed by atoms with van der Waals surface area (Å²) in [5.41, 5.74) is 0.325. The van der Waals surface area contributed by atoms with Gasteiger partial charge in [-0.1, -0.05) is 30.3 Å². The van der Waals surface area contributed by atoms with E-state index in [0.29, 0.717) is 6.07 Å². The van der Waals surface area contributed by atoms with Gasteiger partial charge in [-0.3, -0.25) is 10.1 Å². The number of rotatable bonds is 5. The highest BCUT2D eigenvalue weighted by Crippen LogP contribution is 2.10. The zero-order chi connectivity index (χ0) is 18.2. The molecule has 3 amide bonds. The van der Waals surface area contributed by atoms with E-state index in [1.165, 1.54) is 0 Å². The minimum atomic E-state index is -1.14. The molecular weight excluding hydrogens is 334 g/mol. The molecular formula is C17H14F2N2O4. The van der Waals surface area contributed by atoms with Crippen molar-refractivity contribution in [3.05, 3.63) is 71.3 Å². The predicted octanol–water partition coefficient (Wildman–Crippen LogP) is 2.15. The number of hydrogen-bond donors (Lipinski definition) is 2. The summed E-state index contributed by atoms with van der Waals surface area (Å²) >= 11 is 0. The Bertz CT molecular complexity index is 781. The quantitative estimate of drug-likeness (QED) is 0.811. The molecule has 2 rings (SSSR count). The lowest BCUT2D eigenvalue weighted by Gasteiger charge is -2.08. The summed E-state index contributed by atoms with van der Waals surface area (Å²) in [6.45, 7) is -0.574. The molecule has 2 N–H and O–H groups in total. The predicted molar refractivity (Wildman–Crippen MR) is 83.5 cm³/mol. The van der Waals surface area contributed by atoms with Crippen molar-refractivity contribution in [2.75, 3.05) is 6.61 Å². The number of ether oxygens (including phenoxy) is 1. The Morgan fingerprint density at radius 3 is 2.40 bits per heavy atom. The normalized spacial score (nSPS) is 10.0. The molecule has 0 radical (unpaired) electrons.